The number of methoxy groups -OCH3 is 1. The predicted molar refractivity (Wildman–Crippen MR) is 99.6 cm³/mol. The molecule has 2 fully saturated rings. The zero-order chi connectivity index (χ0) is 18.1. The summed E-state index contributed by atoms with van der Waals surface area (Å²) in [6, 6.07) is 16.3. The third-order valence-corrected chi connectivity index (χ3v) is 5.96. The molecule has 2 aliphatic heterocycles. The number of halogens is 1. The molecule has 2 heterocycles. The standard InChI is InChI=1S/C22H26FNO2/c1-26-21-10-7-17(11-20(21)23)12-22(25)13-18-8-9-19(14-22)24(18)15-16-5-3-2-4-6-16/h2-7,10-11,18-19,25H,8-9,12-15H2,1H3. The first-order valence-corrected chi connectivity index (χ1v) is 9.41. The van der Waals surface area contributed by atoms with Crippen LogP contribution in [0.2, 0.25) is 0 Å². The fourth-order valence-electron chi connectivity index (χ4n) is 4.81. The fraction of sp³-hybridized carbons (Fsp3) is 0.455. The number of ether oxygens (including phenoxy) is 1. The number of hydrogen-bond donors (Lipinski definition) is 1. The molecule has 0 aliphatic carbocycles. The van der Waals surface area contributed by atoms with Crippen molar-refractivity contribution in [3.8, 4) is 5.75 Å². The van der Waals surface area contributed by atoms with Gasteiger partial charge in [0.25, 0.3) is 0 Å². The Morgan fingerprint density at radius 3 is 2.38 bits per heavy atom. The summed E-state index contributed by atoms with van der Waals surface area (Å²) in [7, 11) is 1.46. The van der Waals surface area contributed by atoms with Crippen LogP contribution in [0, 0.1) is 5.82 Å². The van der Waals surface area contributed by atoms with Crippen molar-refractivity contribution >= 4 is 0 Å². The molecule has 138 valence electrons. The van der Waals surface area contributed by atoms with E-state index in [0.717, 1.165) is 37.8 Å². The van der Waals surface area contributed by atoms with E-state index in [9.17, 15) is 9.50 Å². The maximum Gasteiger partial charge on any atom is 0.165 e. The second-order valence-electron chi connectivity index (χ2n) is 7.82. The van der Waals surface area contributed by atoms with Crippen LogP contribution >= 0.6 is 0 Å². The Morgan fingerprint density at radius 2 is 1.77 bits per heavy atom. The number of hydrogen-bond acceptors (Lipinski definition) is 3. The van der Waals surface area contributed by atoms with Crippen molar-refractivity contribution < 1.29 is 14.2 Å². The fourth-order valence-corrected chi connectivity index (χ4v) is 4.81. The zero-order valence-electron chi connectivity index (χ0n) is 15.2. The van der Waals surface area contributed by atoms with E-state index in [1.807, 2.05) is 12.1 Å². The summed E-state index contributed by atoms with van der Waals surface area (Å²) in [6.45, 7) is 0.948. The summed E-state index contributed by atoms with van der Waals surface area (Å²) in [6.07, 6.45) is 4.28. The van der Waals surface area contributed by atoms with Gasteiger partial charge in [0.15, 0.2) is 11.6 Å². The number of nitrogens with zero attached hydrogens (tertiary/aromatic N) is 1. The topological polar surface area (TPSA) is 32.7 Å². The average Bonchev–Trinajstić information content (AvgIpc) is 2.87. The van der Waals surface area contributed by atoms with Crippen LogP contribution < -0.4 is 4.74 Å². The molecular weight excluding hydrogens is 329 g/mol. The van der Waals surface area contributed by atoms with Crippen molar-refractivity contribution in [3.63, 3.8) is 0 Å². The Labute approximate surface area is 154 Å². The summed E-state index contributed by atoms with van der Waals surface area (Å²) in [4.78, 5) is 2.55. The molecule has 2 bridgehead atoms. The van der Waals surface area contributed by atoms with Gasteiger partial charge in [-0.05, 0) is 48.9 Å². The van der Waals surface area contributed by atoms with Gasteiger partial charge >= 0.3 is 0 Å². The first kappa shape index (κ1) is 17.5. The summed E-state index contributed by atoms with van der Waals surface area (Å²) in [5.41, 5.74) is 1.41. The molecule has 1 N–H and O–H groups in total. The van der Waals surface area contributed by atoms with Crippen LogP contribution in [0.4, 0.5) is 4.39 Å². The molecule has 2 aromatic rings. The van der Waals surface area contributed by atoms with Crippen molar-refractivity contribution in [1.29, 1.82) is 0 Å². The molecule has 2 atom stereocenters. The first-order chi connectivity index (χ1) is 12.6. The van der Waals surface area contributed by atoms with E-state index in [1.54, 1.807) is 6.07 Å². The SMILES string of the molecule is COc1ccc(CC2(O)CC3CCC(C2)N3Cc2ccccc2)cc1F. The lowest BCUT2D eigenvalue weighted by Crippen LogP contribution is -2.51. The Bertz CT molecular complexity index is 750. The van der Waals surface area contributed by atoms with Crippen molar-refractivity contribution in [2.75, 3.05) is 7.11 Å². The Hall–Kier alpha value is -1.91. The van der Waals surface area contributed by atoms with Crippen molar-refractivity contribution in [3.05, 3.63) is 65.5 Å². The lowest BCUT2D eigenvalue weighted by Gasteiger charge is -2.44. The van der Waals surface area contributed by atoms with Gasteiger partial charge in [-0.15, -0.1) is 0 Å². The summed E-state index contributed by atoms with van der Waals surface area (Å²) < 4.78 is 19.0. The monoisotopic (exact) mass is 355 g/mol. The van der Waals surface area contributed by atoms with Crippen LogP contribution in [0.5, 0.6) is 5.75 Å². The molecule has 4 rings (SSSR count). The van der Waals surface area contributed by atoms with E-state index in [4.69, 9.17) is 4.74 Å². The minimum atomic E-state index is -0.750. The van der Waals surface area contributed by atoms with Gasteiger partial charge in [0.05, 0.1) is 12.7 Å². The van der Waals surface area contributed by atoms with Gasteiger partial charge in [-0.25, -0.2) is 4.39 Å². The maximum absolute atomic E-state index is 14.0. The van der Waals surface area contributed by atoms with Crippen molar-refractivity contribution in [2.24, 2.45) is 0 Å². The van der Waals surface area contributed by atoms with Gasteiger partial charge in [-0.1, -0.05) is 36.4 Å². The first-order valence-electron chi connectivity index (χ1n) is 9.41. The van der Waals surface area contributed by atoms with Crippen LogP contribution in [0.3, 0.4) is 0 Å². The lowest BCUT2D eigenvalue weighted by molar-refractivity contribution is -0.0540. The molecule has 0 aromatic heterocycles. The summed E-state index contributed by atoms with van der Waals surface area (Å²) in [5.74, 6) is -0.114. The summed E-state index contributed by atoms with van der Waals surface area (Å²) in [5, 5.41) is 11.2. The van der Waals surface area contributed by atoms with Gasteiger partial charge in [0, 0.05) is 25.0 Å². The minimum absolute atomic E-state index is 0.249. The van der Waals surface area contributed by atoms with E-state index in [1.165, 1.54) is 18.7 Å². The number of piperidine rings is 1. The molecule has 2 unspecified atom stereocenters. The molecule has 0 radical (unpaired) electrons. The molecule has 2 aliphatic rings. The quantitative estimate of drug-likeness (QED) is 0.882. The second-order valence-corrected chi connectivity index (χ2v) is 7.82. The van der Waals surface area contributed by atoms with Gasteiger partial charge in [-0.3, -0.25) is 4.90 Å². The smallest absolute Gasteiger partial charge is 0.165 e. The van der Waals surface area contributed by atoms with Crippen LogP contribution in [0.1, 0.15) is 36.8 Å². The van der Waals surface area contributed by atoms with E-state index in [0.29, 0.717) is 18.5 Å². The largest absolute Gasteiger partial charge is 0.494 e. The predicted octanol–water partition coefficient (Wildman–Crippen LogP) is 3.93. The number of rotatable bonds is 5. The molecule has 4 heteroatoms. The van der Waals surface area contributed by atoms with Gasteiger partial charge in [-0.2, -0.15) is 0 Å². The third-order valence-electron chi connectivity index (χ3n) is 5.96. The molecule has 0 spiro atoms. The van der Waals surface area contributed by atoms with Crippen molar-refractivity contribution in [1.82, 2.24) is 4.90 Å². The number of benzene rings is 2. The molecule has 3 nitrogen and oxygen atoms in total. The Balaban J connectivity index is 1.46. The van der Waals surface area contributed by atoms with E-state index in [-0.39, 0.29) is 11.6 Å². The highest BCUT2D eigenvalue weighted by Gasteiger charge is 2.47. The minimum Gasteiger partial charge on any atom is -0.494 e. The highest BCUT2D eigenvalue weighted by atomic mass is 19.1. The van der Waals surface area contributed by atoms with Crippen LogP contribution in [0.15, 0.2) is 48.5 Å². The lowest BCUT2D eigenvalue weighted by atomic mass is 9.81. The Morgan fingerprint density at radius 1 is 1.08 bits per heavy atom. The summed E-state index contributed by atoms with van der Waals surface area (Å²) >= 11 is 0. The molecule has 26 heavy (non-hydrogen) atoms. The maximum atomic E-state index is 14.0. The van der Waals surface area contributed by atoms with E-state index < -0.39 is 5.60 Å². The third kappa shape index (κ3) is 3.49. The van der Waals surface area contributed by atoms with Gasteiger partial charge in [0.2, 0.25) is 0 Å². The molecule has 2 saturated heterocycles. The normalized spacial score (nSPS) is 28.3. The van der Waals surface area contributed by atoms with E-state index in [2.05, 4.69) is 29.2 Å². The number of aliphatic hydroxyl groups is 1. The zero-order valence-corrected chi connectivity index (χ0v) is 15.2. The molecule has 0 saturated carbocycles. The van der Waals surface area contributed by atoms with Crippen LogP contribution in [-0.2, 0) is 13.0 Å². The van der Waals surface area contributed by atoms with E-state index >= 15 is 0 Å². The van der Waals surface area contributed by atoms with Crippen LogP contribution in [-0.4, -0.2) is 34.8 Å². The highest BCUT2D eigenvalue weighted by molar-refractivity contribution is 5.30. The Kier molecular flexibility index (Phi) is 4.72. The highest BCUT2D eigenvalue weighted by Crippen LogP contribution is 2.43. The molecule has 2 aromatic carbocycles. The van der Waals surface area contributed by atoms with Crippen LogP contribution in [0.25, 0.3) is 0 Å². The van der Waals surface area contributed by atoms with Gasteiger partial charge in [0.1, 0.15) is 0 Å². The molecule has 0 amide bonds. The average molecular weight is 355 g/mol. The molecular formula is C22H26FNO2. The van der Waals surface area contributed by atoms with Gasteiger partial charge < -0.3 is 9.84 Å². The number of fused-ring (bicyclic) bond motifs is 2. The second kappa shape index (κ2) is 7.01. The van der Waals surface area contributed by atoms with Crippen molar-refractivity contribution in [2.45, 2.75) is 56.3 Å².